The normalized spacial score (nSPS) is 11.4. The Balaban J connectivity index is 1.89. The van der Waals surface area contributed by atoms with Gasteiger partial charge in [-0.1, -0.05) is 88.4 Å². The van der Waals surface area contributed by atoms with Crippen molar-refractivity contribution >= 4 is 0 Å². The maximum absolute atomic E-state index is 10.9. The van der Waals surface area contributed by atoms with Gasteiger partial charge in [-0.05, 0) is 47.9 Å². The van der Waals surface area contributed by atoms with E-state index < -0.39 is 0 Å². The SMILES string of the molecule is CC(C)Cc1cc(-c2nc(-c3ccccc3)c(-c3ccccc3)[nH]2)cc(CC(C)C)c1O. The summed E-state index contributed by atoms with van der Waals surface area (Å²) in [7, 11) is 0. The lowest BCUT2D eigenvalue weighted by Crippen LogP contribution is -2.01. The zero-order valence-corrected chi connectivity index (χ0v) is 19.4. The molecule has 4 rings (SSSR count). The van der Waals surface area contributed by atoms with Crippen LogP contribution in [0.4, 0.5) is 0 Å². The Morgan fingerprint density at radius 2 is 1.22 bits per heavy atom. The van der Waals surface area contributed by atoms with Gasteiger partial charge in [-0.3, -0.25) is 0 Å². The van der Waals surface area contributed by atoms with Crippen molar-refractivity contribution in [3.05, 3.63) is 83.9 Å². The van der Waals surface area contributed by atoms with Crippen LogP contribution < -0.4 is 0 Å². The fraction of sp³-hybridized carbons (Fsp3) is 0.276. The highest BCUT2D eigenvalue weighted by Crippen LogP contribution is 2.36. The number of imidazole rings is 1. The van der Waals surface area contributed by atoms with E-state index in [9.17, 15) is 5.11 Å². The van der Waals surface area contributed by atoms with Crippen molar-refractivity contribution in [3.63, 3.8) is 0 Å². The van der Waals surface area contributed by atoms with Crippen LogP contribution in [0.15, 0.2) is 72.8 Å². The van der Waals surface area contributed by atoms with Crippen molar-refractivity contribution < 1.29 is 5.11 Å². The van der Waals surface area contributed by atoms with Crippen LogP contribution in [0.2, 0.25) is 0 Å². The molecule has 0 amide bonds. The fourth-order valence-electron chi connectivity index (χ4n) is 4.22. The summed E-state index contributed by atoms with van der Waals surface area (Å²) >= 11 is 0. The lowest BCUT2D eigenvalue weighted by Gasteiger charge is -2.15. The molecular formula is C29H32N2O. The number of nitrogens with zero attached hydrogens (tertiary/aromatic N) is 1. The Bertz CT molecular complexity index is 1090. The molecule has 0 saturated heterocycles. The van der Waals surface area contributed by atoms with Crippen molar-refractivity contribution in [3.8, 4) is 39.7 Å². The molecule has 0 spiro atoms. The van der Waals surface area contributed by atoms with Crippen molar-refractivity contribution in [1.82, 2.24) is 9.97 Å². The number of phenolic OH excluding ortho intramolecular Hbond substituents is 1. The number of rotatable bonds is 7. The van der Waals surface area contributed by atoms with Gasteiger partial charge in [0.05, 0.1) is 11.4 Å². The minimum Gasteiger partial charge on any atom is -0.507 e. The van der Waals surface area contributed by atoms with Crippen LogP contribution in [-0.2, 0) is 12.8 Å². The lowest BCUT2D eigenvalue weighted by atomic mass is 9.93. The third-order valence-electron chi connectivity index (χ3n) is 5.61. The van der Waals surface area contributed by atoms with Crippen molar-refractivity contribution in [1.29, 1.82) is 0 Å². The minimum absolute atomic E-state index is 0.439. The quantitative estimate of drug-likeness (QED) is 0.322. The summed E-state index contributed by atoms with van der Waals surface area (Å²) < 4.78 is 0. The zero-order chi connectivity index (χ0) is 22.7. The van der Waals surface area contributed by atoms with Gasteiger partial charge in [-0.2, -0.15) is 0 Å². The number of phenols is 1. The first-order chi connectivity index (χ1) is 15.4. The Kier molecular flexibility index (Phi) is 6.45. The molecule has 4 aromatic rings. The molecule has 2 N–H and O–H groups in total. The van der Waals surface area contributed by atoms with E-state index in [2.05, 4.69) is 69.1 Å². The van der Waals surface area contributed by atoms with E-state index in [-0.39, 0.29) is 0 Å². The highest BCUT2D eigenvalue weighted by molar-refractivity contribution is 5.81. The van der Waals surface area contributed by atoms with Gasteiger partial charge in [0.25, 0.3) is 0 Å². The van der Waals surface area contributed by atoms with Crippen LogP contribution in [0, 0.1) is 11.8 Å². The van der Waals surface area contributed by atoms with Gasteiger partial charge in [0.1, 0.15) is 11.6 Å². The Hall–Kier alpha value is -3.33. The van der Waals surface area contributed by atoms with E-state index in [1.165, 1.54) is 0 Å². The molecule has 0 aliphatic heterocycles. The molecule has 0 bridgehead atoms. The highest BCUT2D eigenvalue weighted by Gasteiger charge is 2.18. The number of H-pyrrole nitrogens is 1. The maximum Gasteiger partial charge on any atom is 0.138 e. The molecule has 1 heterocycles. The number of aromatic hydroxyl groups is 1. The zero-order valence-electron chi connectivity index (χ0n) is 19.4. The smallest absolute Gasteiger partial charge is 0.138 e. The minimum atomic E-state index is 0.439. The average Bonchev–Trinajstić information content (AvgIpc) is 3.22. The van der Waals surface area contributed by atoms with Gasteiger partial charge < -0.3 is 10.1 Å². The third-order valence-corrected chi connectivity index (χ3v) is 5.61. The van der Waals surface area contributed by atoms with Crippen molar-refractivity contribution in [2.24, 2.45) is 11.8 Å². The van der Waals surface area contributed by atoms with Gasteiger partial charge in [0.15, 0.2) is 0 Å². The van der Waals surface area contributed by atoms with Crippen molar-refractivity contribution in [2.75, 3.05) is 0 Å². The predicted molar refractivity (Wildman–Crippen MR) is 134 cm³/mol. The van der Waals surface area contributed by atoms with Crippen LogP contribution in [0.5, 0.6) is 5.75 Å². The molecule has 3 aromatic carbocycles. The molecule has 0 unspecified atom stereocenters. The number of aromatic nitrogens is 2. The second-order valence-corrected chi connectivity index (χ2v) is 9.38. The van der Waals surface area contributed by atoms with E-state index in [4.69, 9.17) is 4.98 Å². The van der Waals surface area contributed by atoms with Gasteiger partial charge in [0.2, 0.25) is 0 Å². The summed E-state index contributed by atoms with van der Waals surface area (Å²) in [6.07, 6.45) is 1.67. The average molecular weight is 425 g/mol. The van der Waals surface area contributed by atoms with E-state index in [0.717, 1.165) is 57.9 Å². The highest BCUT2D eigenvalue weighted by atomic mass is 16.3. The Labute approximate surface area is 191 Å². The molecule has 0 radical (unpaired) electrons. The second-order valence-electron chi connectivity index (χ2n) is 9.38. The summed E-state index contributed by atoms with van der Waals surface area (Å²) in [6.45, 7) is 8.73. The standard InChI is InChI=1S/C29H32N2O/c1-19(2)15-23-17-25(18-24(28(23)32)16-20(3)4)29-30-26(21-11-7-5-8-12-21)27(31-29)22-13-9-6-10-14-22/h5-14,17-20,32H,15-16H2,1-4H3,(H,30,31). The summed E-state index contributed by atoms with van der Waals surface area (Å²) in [5.74, 6) is 2.19. The molecule has 0 saturated carbocycles. The monoisotopic (exact) mass is 424 g/mol. The van der Waals surface area contributed by atoms with Crippen molar-refractivity contribution in [2.45, 2.75) is 40.5 Å². The molecule has 3 heteroatoms. The van der Waals surface area contributed by atoms with Crippen LogP contribution >= 0.6 is 0 Å². The largest absolute Gasteiger partial charge is 0.507 e. The molecular weight excluding hydrogens is 392 g/mol. The van der Waals surface area contributed by atoms with Gasteiger partial charge in [-0.25, -0.2) is 4.98 Å². The van der Waals surface area contributed by atoms with Crippen LogP contribution in [0.25, 0.3) is 33.9 Å². The number of aromatic amines is 1. The van der Waals surface area contributed by atoms with Gasteiger partial charge >= 0.3 is 0 Å². The number of hydrogen-bond acceptors (Lipinski definition) is 2. The predicted octanol–water partition coefficient (Wildman–Crippen LogP) is 7.51. The lowest BCUT2D eigenvalue weighted by molar-refractivity contribution is 0.450. The first-order valence-electron chi connectivity index (χ1n) is 11.5. The number of hydrogen-bond donors (Lipinski definition) is 2. The summed E-state index contributed by atoms with van der Waals surface area (Å²) in [4.78, 5) is 8.66. The van der Waals surface area contributed by atoms with Crippen LogP contribution in [0.1, 0.15) is 38.8 Å². The molecule has 164 valence electrons. The van der Waals surface area contributed by atoms with Crippen LogP contribution in [0.3, 0.4) is 0 Å². The number of benzene rings is 3. The molecule has 3 nitrogen and oxygen atoms in total. The first-order valence-corrected chi connectivity index (χ1v) is 11.5. The summed E-state index contributed by atoms with van der Waals surface area (Å²) in [5, 5.41) is 10.9. The second kappa shape index (κ2) is 9.44. The van der Waals surface area contributed by atoms with Crippen LogP contribution in [-0.4, -0.2) is 15.1 Å². The fourth-order valence-corrected chi connectivity index (χ4v) is 4.22. The molecule has 0 aliphatic rings. The summed E-state index contributed by atoms with van der Waals surface area (Å²) in [5.41, 5.74) is 7.14. The van der Waals surface area contributed by atoms with E-state index in [1.54, 1.807) is 0 Å². The Morgan fingerprint density at radius 3 is 1.72 bits per heavy atom. The van der Waals surface area contributed by atoms with E-state index >= 15 is 0 Å². The maximum atomic E-state index is 10.9. The van der Waals surface area contributed by atoms with Gasteiger partial charge in [0, 0.05) is 16.7 Å². The number of nitrogens with one attached hydrogen (secondary N) is 1. The van der Waals surface area contributed by atoms with E-state index in [1.807, 2.05) is 36.4 Å². The first kappa shape index (κ1) is 21.9. The Morgan fingerprint density at radius 1 is 0.719 bits per heavy atom. The molecule has 32 heavy (non-hydrogen) atoms. The topological polar surface area (TPSA) is 48.9 Å². The molecule has 0 aliphatic carbocycles. The molecule has 1 aromatic heterocycles. The third kappa shape index (κ3) is 4.77. The summed E-state index contributed by atoms with van der Waals surface area (Å²) in [6, 6.07) is 24.8. The molecule has 0 fully saturated rings. The van der Waals surface area contributed by atoms with E-state index in [0.29, 0.717) is 17.6 Å². The van der Waals surface area contributed by atoms with Gasteiger partial charge in [-0.15, -0.1) is 0 Å². The molecule has 0 atom stereocenters.